The van der Waals surface area contributed by atoms with Gasteiger partial charge in [0.1, 0.15) is 4.90 Å². The van der Waals surface area contributed by atoms with Crippen molar-refractivity contribution in [1.29, 1.82) is 5.39 Å². The molecule has 0 unspecified atom stereocenters. The lowest BCUT2D eigenvalue weighted by Crippen LogP contribution is -2.21. The highest BCUT2D eigenvalue weighted by Crippen LogP contribution is 2.40. The summed E-state index contributed by atoms with van der Waals surface area (Å²) >= 11 is 6.27. The van der Waals surface area contributed by atoms with Crippen molar-refractivity contribution in [2.75, 3.05) is 0 Å². The van der Waals surface area contributed by atoms with Crippen LogP contribution >= 0.6 is 31.9 Å². The van der Waals surface area contributed by atoms with E-state index < -0.39 is 13.5 Å². The van der Waals surface area contributed by atoms with Crippen LogP contribution in [0.15, 0.2) is 35.2 Å². The number of rotatable bonds is 4. The van der Waals surface area contributed by atoms with Crippen LogP contribution in [0.4, 0.5) is 5.69 Å². The van der Waals surface area contributed by atoms with Crippen LogP contribution in [-0.4, -0.2) is 16.9 Å². The smallest absolute Gasteiger partial charge is 0.426 e. The number of diazo groups is 1. The maximum atomic E-state index is 12.4. The van der Waals surface area contributed by atoms with E-state index in [1.165, 1.54) is 30.3 Å². The Morgan fingerprint density at radius 3 is 2.55 bits per heavy atom. The standard InChI is InChI=1S/C13H10Br2N2O4S/c1-2-13(14,15)21-22(19,20)11-5-3-4-9-8(11)6-7-10(17-16)12(9)18/h3-7H,2H2,1H3/p+1. The zero-order valence-electron chi connectivity index (χ0n) is 11.3. The van der Waals surface area contributed by atoms with Crippen LogP contribution in [0.25, 0.3) is 15.7 Å². The highest BCUT2D eigenvalue weighted by atomic mass is 79.9. The van der Waals surface area contributed by atoms with Gasteiger partial charge in [0.05, 0.1) is 0 Å². The fourth-order valence-electron chi connectivity index (χ4n) is 1.86. The summed E-state index contributed by atoms with van der Waals surface area (Å²) in [5, 5.41) is 19.3. The molecule has 0 saturated carbocycles. The second kappa shape index (κ2) is 6.12. The van der Waals surface area contributed by atoms with Gasteiger partial charge in [-0.2, -0.15) is 8.42 Å². The Labute approximate surface area is 144 Å². The van der Waals surface area contributed by atoms with Crippen LogP contribution in [0, 0.1) is 5.39 Å². The summed E-state index contributed by atoms with van der Waals surface area (Å²) in [5.74, 6) is -0.309. The van der Waals surface area contributed by atoms with Crippen molar-refractivity contribution in [2.45, 2.75) is 21.7 Å². The van der Waals surface area contributed by atoms with Gasteiger partial charge in [-0.05, 0) is 50.4 Å². The second-order valence-corrected chi connectivity index (χ2v) is 9.55. The first-order valence-electron chi connectivity index (χ1n) is 6.15. The second-order valence-electron chi connectivity index (χ2n) is 4.41. The summed E-state index contributed by atoms with van der Waals surface area (Å²) in [4.78, 5) is 2.84. The van der Waals surface area contributed by atoms with Crippen molar-refractivity contribution in [1.82, 2.24) is 0 Å². The van der Waals surface area contributed by atoms with Crippen molar-refractivity contribution in [3.63, 3.8) is 0 Å². The Hall–Kier alpha value is -1.21. The number of aromatic hydroxyl groups is 1. The Balaban J connectivity index is 2.68. The number of hydrogen-bond donors (Lipinski definition) is 1. The van der Waals surface area contributed by atoms with E-state index in [1.54, 1.807) is 6.92 Å². The average molecular weight is 451 g/mol. The van der Waals surface area contributed by atoms with Crippen molar-refractivity contribution < 1.29 is 17.7 Å². The fourth-order valence-corrected chi connectivity index (χ4v) is 4.13. The van der Waals surface area contributed by atoms with Gasteiger partial charge in [0.2, 0.25) is 11.1 Å². The minimum absolute atomic E-state index is 0.0492. The molecule has 6 nitrogen and oxygen atoms in total. The van der Waals surface area contributed by atoms with Crippen molar-refractivity contribution in [2.24, 2.45) is 0 Å². The van der Waals surface area contributed by atoms with Crippen molar-refractivity contribution in [3.05, 3.63) is 35.3 Å². The summed E-state index contributed by atoms with van der Waals surface area (Å²) in [6.45, 7) is 1.74. The fraction of sp³-hybridized carbons (Fsp3) is 0.231. The number of phenols is 1. The van der Waals surface area contributed by atoms with E-state index in [9.17, 15) is 13.5 Å². The zero-order chi connectivity index (χ0) is 16.5. The van der Waals surface area contributed by atoms with Gasteiger partial charge >= 0.3 is 5.69 Å². The van der Waals surface area contributed by atoms with E-state index in [4.69, 9.17) is 9.58 Å². The molecule has 2 aromatic carbocycles. The molecule has 2 rings (SSSR count). The topological polar surface area (TPSA) is 91.8 Å². The van der Waals surface area contributed by atoms with Gasteiger partial charge in [-0.25, -0.2) is 4.18 Å². The summed E-state index contributed by atoms with van der Waals surface area (Å²) < 4.78 is 28.8. The van der Waals surface area contributed by atoms with Crippen LogP contribution < -0.4 is 0 Å². The first-order chi connectivity index (χ1) is 10.2. The third-order valence-electron chi connectivity index (χ3n) is 2.99. The van der Waals surface area contributed by atoms with Crippen molar-refractivity contribution >= 4 is 58.4 Å². The van der Waals surface area contributed by atoms with E-state index >= 15 is 0 Å². The zero-order valence-corrected chi connectivity index (χ0v) is 15.3. The van der Waals surface area contributed by atoms with Crippen molar-refractivity contribution in [3.8, 4) is 5.75 Å². The molecular formula is C13H11Br2N2O4S+. The average Bonchev–Trinajstić information content (AvgIpc) is 2.46. The first kappa shape index (κ1) is 17.1. The molecule has 0 radical (unpaired) electrons. The lowest BCUT2D eigenvalue weighted by molar-refractivity contribution is 0.271. The number of nitrogens with zero attached hydrogens (tertiary/aromatic N) is 2. The first-order valence-corrected chi connectivity index (χ1v) is 9.14. The Kier molecular flexibility index (Phi) is 4.77. The highest BCUT2D eigenvalue weighted by molar-refractivity contribution is 9.25. The number of hydrogen-bond acceptors (Lipinski definition) is 5. The third-order valence-corrected chi connectivity index (χ3v) is 6.26. The maximum Gasteiger partial charge on any atom is 0.426 e. The summed E-state index contributed by atoms with van der Waals surface area (Å²) in [5.41, 5.74) is -0.0492. The predicted molar refractivity (Wildman–Crippen MR) is 89.5 cm³/mol. The minimum Gasteiger partial charge on any atom is -0.501 e. The van der Waals surface area contributed by atoms with E-state index in [2.05, 4.69) is 36.8 Å². The normalized spacial score (nSPS) is 12.3. The molecule has 0 aromatic heterocycles. The summed E-state index contributed by atoms with van der Waals surface area (Å²) in [7, 11) is -4.09. The number of fused-ring (bicyclic) bond motifs is 1. The number of phenolic OH excluding ortho intramolecular Hbond substituents is 1. The number of benzene rings is 2. The molecular weight excluding hydrogens is 440 g/mol. The van der Waals surface area contributed by atoms with Gasteiger partial charge in [-0.1, -0.05) is 19.1 Å². The van der Waals surface area contributed by atoms with Crippen LogP contribution in [0.5, 0.6) is 5.75 Å². The lowest BCUT2D eigenvalue weighted by atomic mass is 10.1. The van der Waals surface area contributed by atoms with Gasteiger partial charge < -0.3 is 5.11 Å². The quantitative estimate of drug-likeness (QED) is 0.417. The molecule has 116 valence electrons. The summed E-state index contributed by atoms with van der Waals surface area (Å²) in [6.07, 6.45) is 0.357. The summed E-state index contributed by atoms with van der Waals surface area (Å²) in [6, 6.07) is 7.12. The molecule has 0 aliphatic carbocycles. The molecule has 0 spiro atoms. The van der Waals surface area contributed by atoms with E-state index in [0.717, 1.165) is 0 Å². The Morgan fingerprint density at radius 2 is 1.95 bits per heavy atom. The molecule has 0 amide bonds. The predicted octanol–water partition coefficient (Wildman–Crippen LogP) is 4.59. The molecule has 0 saturated heterocycles. The molecule has 0 aliphatic heterocycles. The molecule has 0 aliphatic rings. The largest absolute Gasteiger partial charge is 0.501 e. The van der Waals surface area contributed by atoms with Crippen LogP contribution in [-0.2, 0) is 14.3 Å². The van der Waals surface area contributed by atoms with Crippen LogP contribution in [0.3, 0.4) is 0 Å². The van der Waals surface area contributed by atoms with Gasteiger partial charge in [0.15, 0.2) is 8.40 Å². The molecule has 0 atom stereocenters. The van der Waals surface area contributed by atoms with Gasteiger partial charge in [0.25, 0.3) is 10.1 Å². The molecule has 0 fully saturated rings. The number of alkyl halides is 2. The maximum absolute atomic E-state index is 12.4. The Bertz CT molecular complexity index is 875. The molecule has 0 bridgehead atoms. The van der Waals surface area contributed by atoms with Gasteiger partial charge in [-0.15, -0.1) is 0 Å². The SMILES string of the molecule is CCC(Br)(Br)OS(=O)(=O)c1cccc2c(O)c([N+]#N)ccc12. The molecule has 2 aromatic rings. The third kappa shape index (κ3) is 3.25. The van der Waals surface area contributed by atoms with Crippen LogP contribution in [0.2, 0.25) is 0 Å². The van der Waals surface area contributed by atoms with E-state index in [0.29, 0.717) is 6.42 Å². The molecule has 22 heavy (non-hydrogen) atoms. The lowest BCUT2D eigenvalue weighted by Gasteiger charge is -2.19. The highest BCUT2D eigenvalue weighted by Gasteiger charge is 2.32. The monoisotopic (exact) mass is 449 g/mol. The van der Waals surface area contributed by atoms with Gasteiger partial charge in [0, 0.05) is 16.8 Å². The van der Waals surface area contributed by atoms with Crippen LogP contribution in [0.1, 0.15) is 13.3 Å². The molecule has 0 heterocycles. The minimum atomic E-state index is -4.09. The van der Waals surface area contributed by atoms with E-state index in [1.807, 2.05) is 0 Å². The Morgan fingerprint density at radius 1 is 1.27 bits per heavy atom. The number of halogens is 2. The van der Waals surface area contributed by atoms with Gasteiger partial charge in [-0.3, -0.25) is 0 Å². The molecule has 9 heteroatoms. The van der Waals surface area contributed by atoms with E-state index in [-0.39, 0.29) is 27.1 Å². The molecule has 1 N–H and O–H groups in total.